The number of nitriles is 1. The van der Waals surface area contributed by atoms with Gasteiger partial charge in [-0.15, -0.1) is 0 Å². The molecule has 1 aromatic rings. The smallest absolute Gasteiger partial charge is 0.101 e. The van der Waals surface area contributed by atoms with Gasteiger partial charge in [0.2, 0.25) is 0 Å². The van der Waals surface area contributed by atoms with Crippen molar-refractivity contribution in [3.8, 4) is 6.07 Å². The molecule has 18 heavy (non-hydrogen) atoms. The highest BCUT2D eigenvalue weighted by Gasteiger charge is 2.21. The van der Waals surface area contributed by atoms with Crippen molar-refractivity contribution < 1.29 is 0 Å². The van der Waals surface area contributed by atoms with E-state index in [0.717, 1.165) is 30.6 Å². The Bertz CT molecular complexity index is 454. The summed E-state index contributed by atoms with van der Waals surface area (Å²) in [5.74, 6) is 1.62. The summed E-state index contributed by atoms with van der Waals surface area (Å²) in [4.78, 5) is 2.37. The minimum absolute atomic E-state index is 0.553. The fraction of sp³-hybridized carbons (Fsp3) is 0.533. The molecule has 0 radical (unpaired) electrons. The molecule has 1 saturated heterocycles. The number of benzene rings is 1. The quantitative estimate of drug-likeness (QED) is 0.803. The van der Waals surface area contributed by atoms with E-state index in [-0.39, 0.29) is 0 Å². The molecule has 1 aliphatic heterocycles. The summed E-state index contributed by atoms with van der Waals surface area (Å²) >= 11 is 6.08. The molecule has 3 heteroatoms. The SMILES string of the molecule is CC(C)C1CCN(c2ccc(C#N)c(Cl)c2)CC1. The first kappa shape index (κ1) is 13.2. The average molecular weight is 263 g/mol. The van der Waals surface area contributed by atoms with Gasteiger partial charge in [-0.2, -0.15) is 5.26 Å². The Morgan fingerprint density at radius 2 is 2.00 bits per heavy atom. The summed E-state index contributed by atoms with van der Waals surface area (Å²) in [6.07, 6.45) is 2.49. The number of piperidine rings is 1. The van der Waals surface area contributed by atoms with Crippen LogP contribution in [-0.2, 0) is 0 Å². The van der Waals surface area contributed by atoms with Crippen LogP contribution in [0.4, 0.5) is 5.69 Å². The molecule has 0 aromatic heterocycles. The molecule has 1 aromatic carbocycles. The fourth-order valence-electron chi connectivity index (χ4n) is 2.62. The number of halogens is 1. The summed E-state index contributed by atoms with van der Waals surface area (Å²) < 4.78 is 0. The Kier molecular flexibility index (Phi) is 4.14. The lowest BCUT2D eigenvalue weighted by molar-refractivity contribution is 0.311. The molecule has 0 N–H and O–H groups in total. The zero-order valence-electron chi connectivity index (χ0n) is 11.0. The van der Waals surface area contributed by atoms with E-state index in [1.54, 1.807) is 0 Å². The largest absolute Gasteiger partial charge is 0.371 e. The van der Waals surface area contributed by atoms with Crippen molar-refractivity contribution in [2.75, 3.05) is 18.0 Å². The molecule has 96 valence electrons. The van der Waals surface area contributed by atoms with Crippen LogP contribution in [0, 0.1) is 23.2 Å². The van der Waals surface area contributed by atoms with Crippen molar-refractivity contribution >= 4 is 17.3 Å². The standard InChI is InChI=1S/C15H19ClN2/c1-11(2)12-5-7-18(8-6-12)14-4-3-13(10-17)15(16)9-14/h3-4,9,11-12H,5-8H2,1-2H3. The van der Waals surface area contributed by atoms with Crippen molar-refractivity contribution in [1.82, 2.24) is 0 Å². The molecule has 0 saturated carbocycles. The van der Waals surface area contributed by atoms with E-state index in [4.69, 9.17) is 16.9 Å². The van der Waals surface area contributed by atoms with Gasteiger partial charge in [0.15, 0.2) is 0 Å². The second kappa shape index (κ2) is 5.63. The van der Waals surface area contributed by atoms with Crippen LogP contribution < -0.4 is 4.90 Å². The Labute approximate surface area is 114 Å². The molecule has 0 spiro atoms. The Hall–Kier alpha value is -1.20. The maximum atomic E-state index is 8.87. The summed E-state index contributed by atoms with van der Waals surface area (Å²) in [6, 6.07) is 7.82. The van der Waals surface area contributed by atoms with Gasteiger partial charge in [0, 0.05) is 18.8 Å². The normalized spacial score (nSPS) is 16.9. The lowest BCUT2D eigenvalue weighted by Crippen LogP contribution is -2.35. The molecule has 2 nitrogen and oxygen atoms in total. The third-order valence-electron chi connectivity index (χ3n) is 3.92. The van der Waals surface area contributed by atoms with Gasteiger partial charge in [0.1, 0.15) is 6.07 Å². The van der Waals surface area contributed by atoms with Crippen LogP contribution in [0.15, 0.2) is 18.2 Å². The average Bonchev–Trinajstić information content (AvgIpc) is 2.38. The summed E-state index contributed by atoms with van der Waals surface area (Å²) in [7, 11) is 0. The molecule has 0 aliphatic carbocycles. The van der Waals surface area contributed by atoms with Crippen molar-refractivity contribution in [3.63, 3.8) is 0 Å². The topological polar surface area (TPSA) is 27.0 Å². The third kappa shape index (κ3) is 2.79. The predicted molar refractivity (Wildman–Crippen MR) is 75.9 cm³/mol. The minimum atomic E-state index is 0.553. The maximum Gasteiger partial charge on any atom is 0.101 e. The van der Waals surface area contributed by atoms with Crippen molar-refractivity contribution in [2.24, 2.45) is 11.8 Å². The van der Waals surface area contributed by atoms with Gasteiger partial charge in [0.25, 0.3) is 0 Å². The van der Waals surface area contributed by atoms with Gasteiger partial charge in [-0.3, -0.25) is 0 Å². The summed E-state index contributed by atoms with van der Waals surface area (Å²) in [6.45, 7) is 6.79. The van der Waals surface area contributed by atoms with Crippen LogP contribution in [0.25, 0.3) is 0 Å². The second-order valence-electron chi connectivity index (χ2n) is 5.34. The number of nitrogens with zero attached hydrogens (tertiary/aromatic N) is 2. The van der Waals surface area contributed by atoms with Crippen LogP contribution in [0.3, 0.4) is 0 Å². The lowest BCUT2D eigenvalue weighted by Gasteiger charge is -2.35. The number of rotatable bonds is 2. The van der Waals surface area contributed by atoms with E-state index in [0.29, 0.717) is 10.6 Å². The van der Waals surface area contributed by atoms with Gasteiger partial charge >= 0.3 is 0 Å². The van der Waals surface area contributed by atoms with E-state index in [1.807, 2.05) is 18.2 Å². The predicted octanol–water partition coefficient (Wildman–Crippen LogP) is 4.08. The Morgan fingerprint density at radius 3 is 2.50 bits per heavy atom. The summed E-state index contributed by atoms with van der Waals surface area (Å²) in [5.41, 5.74) is 1.69. The zero-order chi connectivity index (χ0) is 13.1. The molecule has 0 amide bonds. The molecule has 1 heterocycles. The van der Waals surface area contributed by atoms with Crippen molar-refractivity contribution in [1.29, 1.82) is 5.26 Å². The second-order valence-corrected chi connectivity index (χ2v) is 5.75. The van der Waals surface area contributed by atoms with Gasteiger partial charge < -0.3 is 4.90 Å². The molecule has 2 rings (SSSR count). The maximum absolute atomic E-state index is 8.87. The fourth-order valence-corrected chi connectivity index (χ4v) is 2.83. The van der Waals surface area contributed by atoms with E-state index in [2.05, 4.69) is 24.8 Å². The Balaban J connectivity index is 2.06. The number of anilines is 1. The van der Waals surface area contributed by atoms with Gasteiger partial charge in [-0.1, -0.05) is 25.4 Å². The molecule has 0 bridgehead atoms. The van der Waals surface area contributed by atoms with E-state index < -0.39 is 0 Å². The number of hydrogen-bond donors (Lipinski definition) is 0. The van der Waals surface area contributed by atoms with Gasteiger partial charge in [0.05, 0.1) is 10.6 Å². The zero-order valence-corrected chi connectivity index (χ0v) is 11.7. The van der Waals surface area contributed by atoms with Crippen LogP contribution in [0.1, 0.15) is 32.3 Å². The highest BCUT2D eigenvalue weighted by molar-refractivity contribution is 6.32. The van der Waals surface area contributed by atoms with E-state index >= 15 is 0 Å². The molecular weight excluding hydrogens is 244 g/mol. The lowest BCUT2D eigenvalue weighted by atomic mass is 9.86. The van der Waals surface area contributed by atoms with Crippen LogP contribution in [0.2, 0.25) is 5.02 Å². The molecule has 1 aliphatic rings. The number of hydrogen-bond acceptors (Lipinski definition) is 2. The van der Waals surface area contributed by atoms with E-state index in [9.17, 15) is 0 Å². The summed E-state index contributed by atoms with van der Waals surface area (Å²) in [5, 5.41) is 9.42. The molecular formula is C15H19ClN2. The first-order valence-electron chi connectivity index (χ1n) is 6.56. The van der Waals surface area contributed by atoms with E-state index in [1.165, 1.54) is 12.8 Å². The first-order chi connectivity index (χ1) is 8.61. The van der Waals surface area contributed by atoms with Crippen molar-refractivity contribution in [3.05, 3.63) is 28.8 Å². The van der Waals surface area contributed by atoms with Gasteiger partial charge in [-0.25, -0.2) is 0 Å². The highest BCUT2D eigenvalue weighted by Crippen LogP contribution is 2.29. The highest BCUT2D eigenvalue weighted by atomic mass is 35.5. The van der Waals surface area contributed by atoms with Crippen LogP contribution in [-0.4, -0.2) is 13.1 Å². The van der Waals surface area contributed by atoms with Crippen LogP contribution >= 0.6 is 11.6 Å². The monoisotopic (exact) mass is 262 g/mol. The molecule has 0 atom stereocenters. The van der Waals surface area contributed by atoms with Gasteiger partial charge in [-0.05, 0) is 42.9 Å². The third-order valence-corrected chi connectivity index (χ3v) is 4.23. The van der Waals surface area contributed by atoms with Crippen molar-refractivity contribution in [2.45, 2.75) is 26.7 Å². The first-order valence-corrected chi connectivity index (χ1v) is 6.94. The molecule has 0 unspecified atom stereocenters. The van der Waals surface area contributed by atoms with Crippen LogP contribution in [0.5, 0.6) is 0 Å². The Morgan fingerprint density at radius 1 is 1.33 bits per heavy atom. The molecule has 1 fully saturated rings. The minimum Gasteiger partial charge on any atom is -0.371 e.